The van der Waals surface area contributed by atoms with Gasteiger partial charge < -0.3 is 9.64 Å². The summed E-state index contributed by atoms with van der Waals surface area (Å²) in [7, 11) is 1.36. The van der Waals surface area contributed by atoms with Crippen LogP contribution in [0.1, 0.15) is 12.8 Å². The van der Waals surface area contributed by atoms with Crippen molar-refractivity contribution in [3.63, 3.8) is 0 Å². The average molecular weight is 333 g/mol. The highest BCUT2D eigenvalue weighted by Crippen LogP contribution is 2.37. The normalized spacial score (nSPS) is 15.9. The monoisotopic (exact) mass is 332 g/mol. The highest BCUT2D eigenvalue weighted by Gasteiger charge is 2.29. The molecule has 0 saturated carbocycles. The van der Waals surface area contributed by atoms with Crippen LogP contribution in [0.4, 0.5) is 11.4 Å². The Morgan fingerprint density at radius 2 is 1.90 bits per heavy atom. The van der Waals surface area contributed by atoms with Crippen LogP contribution in [0.15, 0.2) is 12.1 Å². The lowest BCUT2D eigenvalue weighted by Gasteiger charge is -2.32. The van der Waals surface area contributed by atoms with Crippen molar-refractivity contribution in [2.45, 2.75) is 12.8 Å². The van der Waals surface area contributed by atoms with Crippen LogP contribution in [0.2, 0.25) is 10.0 Å². The van der Waals surface area contributed by atoms with Crippen molar-refractivity contribution in [1.29, 1.82) is 0 Å². The molecule has 1 aromatic carbocycles. The molecule has 0 aliphatic carbocycles. The molecule has 0 spiro atoms. The zero-order valence-corrected chi connectivity index (χ0v) is 12.9. The van der Waals surface area contributed by atoms with E-state index < -0.39 is 4.92 Å². The lowest BCUT2D eigenvalue weighted by atomic mass is 9.96. The van der Waals surface area contributed by atoms with E-state index in [1.807, 2.05) is 4.90 Å². The van der Waals surface area contributed by atoms with Crippen LogP contribution in [0.5, 0.6) is 0 Å². The number of nitro groups is 1. The minimum Gasteiger partial charge on any atom is -0.469 e. The number of carbonyl (C=O) groups is 1. The maximum absolute atomic E-state index is 11.5. The Hall–Kier alpha value is -1.53. The Bertz CT molecular complexity index is 572. The van der Waals surface area contributed by atoms with Gasteiger partial charge in [-0.1, -0.05) is 23.2 Å². The molecule has 0 unspecified atom stereocenters. The van der Waals surface area contributed by atoms with E-state index in [1.165, 1.54) is 19.2 Å². The average Bonchev–Trinajstić information content (AvgIpc) is 2.48. The molecule has 1 heterocycles. The van der Waals surface area contributed by atoms with Crippen molar-refractivity contribution in [3.8, 4) is 0 Å². The maximum atomic E-state index is 11.5. The molecular formula is C13H14Cl2N2O4. The summed E-state index contributed by atoms with van der Waals surface area (Å²) in [5, 5.41) is 11.6. The van der Waals surface area contributed by atoms with Crippen LogP contribution in [0.25, 0.3) is 0 Å². The van der Waals surface area contributed by atoms with E-state index in [4.69, 9.17) is 27.9 Å². The van der Waals surface area contributed by atoms with E-state index in [1.54, 1.807) is 0 Å². The van der Waals surface area contributed by atoms with Crippen molar-refractivity contribution in [2.75, 3.05) is 25.1 Å². The van der Waals surface area contributed by atoms with Crippen LogP contribution in [-0.2, 0) is 9.53 Å². The predicted octanol–water partition coefficient (Wildman–Crippen LogP) is 3.29. The number of hydrogen-bond acceptors (Lipinski definition) is 5. The van der Waals surface area contributed by atoms with Crippen molar-refractivity contribution in [2.24, 2.45) is 5.92 Å². The Morgan fingerprint density at radius 3 is 2.43 bits per heavy atom. The third-order valence-electron chi connectivity index (χ3n) is 3.58. The molecule has 1 fully saturated rings. The van der Waals surface area contributed by atoms with Gasteiger partial charge in [-0.25, -0.2) is 0 Å². The molecule has 0 atom stereocenters. The third-order valence-corrected chi connectivity index (χ3v) is 4.31. The third kappa shape index (κ3) is 3.39. The van der Waals surface area contributed by atoms with E-state index in [0.717, 1.165) is 0 Å². The molecule has 0 aromatic heterocycles. The minimum absolute atomic E-state index is 0.0825. The summed E-state index contributed by atoms with van der Waals surface area (Å²) in [6, 6.07) is 2.76. The molecule has 21 heavy (non-hydrogen) atoms. The van der Waals surface area contributed by atoms with Gasteiger partial charge in [-0.15, -0.1) is 0 Å². The van der Waals surface area contributed by atoms with E-state index in [0.29, 0.717) is 31.6 Å². The fourth-order valence-corrected chi connectivity index (χ4v) is 2.76. The lowest BCUT2D eigenvalue weighted by molar-refractivity contribution is -0.384. The van der Waals surface area contributed by atoms with Gasteiger partial charge in [0.05, 0.1) is 28.0 Å². The van der Waals surface area contributed by atoms with E-state index in [-0.39, 0.29) is 27.6 Å². The second-order valence-corrected chi connectivity index (χ2v) is 5.61. The summed E-state index contributed by atoms with van der Waals surface area (Å²) in [6.07, 6.45) is 1.17. The number of hydrogen-bond donors (Lipinski definition) is 0. The highest BCUT2D eigenvalue weighted by molar-refractivity contribution is 6.42. The molecule has 6 nitrogen and oxygen atoms in total. The molecule has 114 valence electrons. The molecule has 1 aliphatic rings. The number of methoxy groups -OCH3 is 1. The van der Waals surface area contributed by atoms with Gasteiger partial charge in [-0.2, -0.15) is 0 Å². The molecule has 2 rings (SSSR count). The number of ether oxygens (including phenoxy) is 1. The van der Waals surface area contributed by atoms with Crippen LogP contribution in [0.3, 0.4) is 0 Å². The lowest BCUT2D eigenvalue weighted by Crippen LogP contribution is -2.37. The topological polar surface area (TPSA) is 72.7 Å². The second-order valence-electron chi connectivity index (χ2n) is 4.80. The minimum atomic E-state index is -0.482. The van der Waals surface area contributed by atoms with E-state index >= 15 is 0 Å². The number of esters is 1. The predicted molar refractivity (Wildman–Crippen MR) is 80.1 cm³/mol. The van der Waals surface area contributed by atoms with Crippen molar-refractivity contribution < 1.29 is 14.5 Å². The number of piperidine rings is 1. The number of halogens is 2. The second kappa shape index (κ2) is 6.49. The zero-order valence-electron chi connectivity index (χ0n) is 11.3. The van der Waals surface area contributed by atoms with Gasteiger partial charge >= 0.3 is 5.97 Å². The van der Waals surface area contributed by atoms with Gasteiger partial charge in [-0.05, 0) is 18.9 Å². The molecule has 0 radical (unpaired) electrons. The number of rotatable bonds is 3. The summed E-state index contributed by atoms with van der Waals surface area (Å²) in [5.74, 6) is -0.397. The number of nitrogens with zero attached hydrogens (tertiary/aromatic N) is 2. The molecule has 1 aliphatic heterocycles. The standard InChI is InChI=1S/C13H14Cl2N2O4/c1-21-13(18)8-2-4-16(5-3-8)11-6-9(14)10(15)7-12(11)17(19)20/h6-8H,2-5H2,1H3. The van der Waals surface area contributed by atoms with Crippen molar-refractivity contribution in [3.05, 3.63) is 32.3 Å². The first-order valence-corrected chi connectivity index (χ1v) is 7.16. The number of carbonyl (C=O) groups excluding carboxylic acids is 1. The van der Waals surface area contributed by atoms with Crippen molar-refractivity contribution in [1.82, 2.24) is 0 Å². The molecular weight excluding hydrogens is 319 g/mol. The van der Waals surface area contributed by atoms with Gasteiger partial charge in [0.1, 0.15) is 5.69 Å². The molecule has 0 bridgehead atoms. The summed E-state index contributed by atoms with van der Waals surface area (Å²) >= 11 is 11.8. The first-order chi connectivity index (χ1) is 9.93. The first kappa shape index (κ1) is 15.9. The number of benzene rings is 1. The number of anilines is 1. The zero-order chi connectivity index (χ0) is 15.6. The highest BCUT2D eigenvalue weighted by atomic mass is 35.5. The largest absolute Gasteiger partial charge is 0.469 e. The Balaban J connectivity index is 2.22. The van der Waals surface area contributed by atoms with Crippen LogP contribution >= 0.6 is 23.2 Å². The SMILES string of the molecule is COC(=O)C1CCN(c2cc(Cl)c(Cl)cc2[N+](=O)[O-])CC1. The summed E-state index contributed by atoms with van der Waals surface area (Å²) < 4.78 is 4.72. The van der Waals surface area contributed by atoms with Gasteiger partial charge in [0.15, 0.2) is 0 Å². The number of nitro benzene ring substituents is 1. The Kier molecular flexibility index (Phi) is 4.90. The summed E-state index contributed by atoms with van der Waals surface area (Å²) in [6.45, 7) is 1.05. The molecule has 8 heteroatoms. The fourth-order valence-electron chi connectivity index (χ4n) is 2.45. The van der Waals surface area contributed by atoms with Gasteiger partial charge in [-0.3, -0.25) is 14.9 Å². The van der Waals surface area contributed by atoms with Crippen LogP contribution < -0.4 is 4.90 Å². The molecule has 0 N–H and O–H groups in total. The Labute approximate surface area is 131 Å². The van der Waals surface area contributed by atoms with E-state index in [2.05, 4.69) is 0 Å². The maximum Gasteiger partial charge on any atom is 0.308 e. The molecule has 1 saturated heterocycles. The van der Waals surface area contributed by atoms with Gasteiger partial charge in [0.25, 0.3) is 5.69 Å². The Morgan fingerprint density at radius 1 is 1.33 bits per heavy atom. The summed E-state index contributed by atoms with van der Waals surface area (Å²) in [5.41, 5.74) is 0.346. The van der Waals surface area contributed by atoms with Crippen LogP contribution in [0, 0.1) is 16.0 Å². The van der Waals surface area contributed by atoms with Gasteiger partial charge in [0.2, 0.25) is 0 Å². The van der Waals surface area contributed by atoms with Gasteiger partial charge in [0, 0.05) is 19.2 Å². The smallest absolute Gasteiger partial charge is 0.308 e. The van der Waals surface area contributed by atoms with E-state index in [9.17, 15) is 14.9 Å². The fraction of sp³-hybridized carbons (Fsp3) is 0.462. The molecule has 0 amide bonds. The summed E-state index contributed by atoms with van der Waals surface area (Å²) in [4.78, 5) is 24.0. The van der Waals surface area contributed by atoms with Crippen molar-refractivity contribution >= 4 is 40.5 Å². The quantitative estimate of drug-likeness (QED) is 0.482. The first-order valence-electron chi connectivity index (χ1n) is 6.40. The molecule has 1 aromatic rings. The van der Waals surface area contributed by atoms with Crippen LogP contribution in [-0.4, -0.2) is 31.1 Å².